The third kappa shape index (κ3) is 2.86. The Kier molecular flexibility index (Phi) is 3.81. The summed E-state index contributed by atoms with van der Waals surface area (Å²) in [6.07, 6.45) is 3.25. The zero-order chi connectivity index (χ0) is 18.1. The number of primary amides is 1. The number of para-hydroxylation sites is 1. The lowest BCUT2D eigenvalue weighted by Gasteiger charge is -2.07. The van der Waals surface area contributed by atoms with Crippen LogP contribution in [0.15, 0.2) is 60.9 Å². The highest BCUT2D eigenvalue weighted by molar-refractivity contribution is 6.06. The van der Waals surface area contributed by atoms with E-state index in [1.165, 1.54) is 0 Å². The quantitative estimate of drug-likeness (QED) is 0.592. The molecule has 7 heteroatoms. The molecule has 4 rings (SSSR count). The second-order valence-corrected chi connectivity index (χ2v) is 5.85. The minimum atomic E-state index is -0.525. The van der Waals surface area contributed by atoms with E-state index < -0.39 is 5.91 Å². The fourth-order valence-electron chi connectivity index (χ4n) is 2.93. The van der Waals surface area contributed by atoms with Gasteiger partial charge < -0.3 is 15.6 Å². The molecule has 0 radical (unpaired) electrons. The molecule has 1 aromatic carbocycles. The monoisotopic (exact) mass is 345 g/mol. The fourth-order valence-corrected chi connectivity index (χ4v) is 2.93. The maximum atomic E-state index is 12.4. The summed E-state index contributed by atoms with van der Waals surface area (Å²) in [6, 6.07) is 14.6. The van der Waals surface area contributed by atoms with Crippen LogP contribution in [0.5, 0.6) is 0 Å². The molecule has 0 aliphatic carbocycles. The summed E-state index contributed by atoms with van der Waals surface area (Å²) >= 11 is 0. The number of aromatic nitrogens is 3. The van der Waals surface area contributed by atoms with Crippen molar-refractivity contribution in [3.05, 3.63) is 66.5 Å². The van der Waals surface area contributed by atoms with E-state index in [9.17, 15) is 9.59 Å². The highest BCUT2D eigenvalue weighted by atomic mass is 16.2. The van der Waals surface area contributed by atoms with Gasteiger partial charge in [0, 0.05) is 28.7 Å². The zero-order valence-electron chi connectivity index (χ0n) is 13.7. The second-order valence-electron chi connectivity index (χ2n) is 5.85. The van der Waals surface area contributed by atoms with Gasteiger partial charge in [0.2, 0.25) is 5.91 Å². The summed E-state index contributed by atoms with van der Waals surface area (Å²) in [6.45, 7) is 0.0374. The predicted molar refractivity (Wildman–Crippen MR) is 98.6 cm³/mol. The zero-order valence-corrected chi connectivity index (χ0v) is 13.7. The van der Waals surface area contributed by atoms with Crippen molar-refractivity contribution in [3.8, 4) is 0 Å². The molecule has 26 heavy (non-hydrogen) atoms. The van der Waals surface area contributed by atoms with Crippen molar-refractivity contribution < 1.29 is 9.59 Å². The first-order chi connectivity index (χ1) is 12.6. The van der Waals surface area contributed by atoms with Crippen molar-refractivity contribution in [1.82, 2.24) is 14.5 Å². The lowest BCUT2D eigenvalue weighted by atomic mass is 10.2. The maximum absolute atomic E-state index is 12.4. The van der Waals surface area contributed by atoms with Gasteiger partial charge in [-0.15, -0.1) is 0 Å². The predicted octanol–water partition coefficient (Wildman–Crippen LogP) is 2.32. The van der Waals surface area contributed by atoms with Gasteiger partial charge >= 0.3 is 0 Å². The Morgan fingerprint density at radius 1 is 1.08 bits per heavy atom. The van der Waals surface area contributed by atoms with Gasteiger partial charge in [-0.3, -0.25) is 9.59 Å². The number of carbonyl (C=O) groups is 2. The van der Waals surface area contributed by atoms with Crippen molar-refractivity contribution in [2.45, 2.75) is 6.54 Å². The standard InChI is InChI=1S/C19H15N5O2/c20-18(26)14-10-24(15-6-2-1-5-13(14)15)11-17(25)22-16-8-7-12-4-3-9-21-19(12)23-16/h1-10H,11H2,(H2,20,26)(H,21,22,23,25). The number of anilines is 1. The van der Waals surface area contributed by atoms with E-state index >= 15 is 0 Å². The Bertz CT molecular complexity index is 1150. The number of nitrogens with zero attached hydrogens (tertiary/aromatic N) is 3. The average molecular weight is 345 g/mol. The number of carbonyl (C=O) groups excluding carboxylic acids is 2. The SMILES string of the molecule is NC(=O)c1cn(CC(=O)Nc2ccc3cccnc3n2)c2ccccc12. The molecule has 128 valence electrons. The number of hydrogen-bond acceptors (Lipinski definition) is 4. The smallest absolute Gasteiger partial charge is 0.250 e. The van der Waals surface area contributed by atoms with Crippen LogP contribution in [0, 0.1) is 0 Å². The summed E-state index contributed by atoms with van der Waals surface area (Å²) in [4.78, 5) is 32.6. The number of hydrogen-bond donors (Lipinski definition) is 2. The van der Waals surface area contributed by atoms with E-state index in [2.05, 4.69) is 15.3 Å². The summed E-state index contributed by atoms with van der Waals surface area (Å²) in [7, 11) is 0. The van der Waals surface area contributed by atoms with E-state index in [4.69, 9.17) is 5.73 Å². The molecule has 2 amide bonds. The molecule has 0 aliphatic rings. The van der Waals surface area contributed by atoms with Crippen LogP contribution in [0.3, 0.4) is 0 Å². The minimum Gasteiger partial charge on any atom is -0.366 e. The summed E-state index contributed by atoms with van der Waals surface area (Å²) in [5.74, 6) is -0.361. The minimum absolute atomic E-state index is 0.0374. The molecule has 0 fully saturated rings. The molecule has 4 aromatic rings. The van der Waals surface area contributed by atoms with Gasteiger partial charge in [-0.05, 0) is 30.3 Å². The molecular weight excluding hydrogens is 330 g/mol. The Morgan fingerprint density at radius 3 is 2.77 bits per heavy atom. The molecule has 7 nitrogen and oxygen atoms in total. The number of amides is 2. The molecule has 0 saturated carbocycles. The van der Waals surface area contributed by atoms with Crippen molar-refractivity contribution >= 4 is 39.6 Å². The number of benzene rings is 1. The van der Waals surface area contributed by atoms with E-state index in [-0.39, 0.29) is 12.5 Å². The molecule has 3 heterocycles. The van der Waals surface area contributed by atoms with Crippen LogP contribution >= 0.6 is 0 Å². The molecular formula is C19H15N5O2. The van der Waals surface area contributed by atoms with E-state index in [1.807, 2.05) is 36.4 Å². The number of nitrogens with two attached hydrogens (primary N) is 1. The Hall–Kier alpha value is -3.74. The third-order valence-electron chi connectivity index (χ3n) is 4.10. The maximum Gasteiger partial charge on any atom is 0.250 e. The Balaban J connectivity index is 1.60. The summed E-state index contributed by atoms with van der Waals surface area (Å²) in [5.41, 5.74) is 7.15. The van der Waals surface area contributed by atoms with Gasteiger partial charge in [0.15, 0.2) is 5.65 Å². The molecule has 0 aliphatic heterocycles. The summed E-state index contributed by atoms with van der Waals surface area (Å²) < 4.78 is 1.70. The van der Waals surface area contributed by atoms with Gasteiger partial charge in [-0.2, -0.15) is 0 Å². The van der Waals surface area contributed by atoms with Crippen LogP contribution in [0.2, 0.25) is 0 Å². The van der Waals surface area contributed by atoms with Crippen LogP contribution in [0.25, 0.3) is 21.9 Å². The normalized spacial score (nSPS) is 10.9. The first kappa shape index (κ1) is 15.8. The molecule has 0 spiro atoms. The molecule has 3 aromatic heterocycles. The molecule has 0 bridgehead atoms. The number of fused-ring (bicyclic) bond motifs is 2. The van der Waals surface area contributed by atoms with Crippen LogP contribution < -0.4 is 11.1 Å². The highest BCUT2D eigenvalue weighted by Gasteiger charge is 2.14. The van der Waals surface area contributed by atoms with Crippen molar-refractivity contribution in [1.29, 1.82) is 0 Å². The lowest BCUT2D eigenvalue weighted by molar-refractivity contribution is -0.116. The summed E-state index contributed by atoms with van der Waals surface area (Å²) in [5, 5.41) is 4.38. The number of nitrogens with one attached hydrogen (secondary N) is 1. The third-order valence-corrected chi connectivity index (χ3v) is 4.10. The first-order valence-electron chi connectivity index (χ1n) is 8.01. The fraction of sp³-hybridized carbons (Fsp3) is 0.0526. The largest absolute Gasteiger partial charge is 0.366 e. The average Bonchev–Trinajstić information content (AvgIpc) is 3.00. The molecule has 0 saturated heterocycles. The van der Waals surface area contributed by atoms with Gasteiger partial charge in [0.1, 0.15) is 12.4 Å². The Labute approximate surface area is 148 Å². The second kappa shape index (κ2) is 6.29. The van der Waals surface area contributed by atoms with Crippen LogP contribution in [-0.4, -0.2) is 26.3 Å². The van der Waals surface area contributed by atoms with Gasteiger partial charge in [0.05, 0.1) is 5.56 Å². The topological polar surface area (TPSA) is 103 Å². The van der Waals surface area contributed by atoms with Crippen LogP contribution in [-0.2, 0) is 11.3 Å². The van der Waals surface area contributed by atoms with Crippen molar-refractivity contribution in [3.63, 3.8) is 0 Å². The molecule has 0 unspecified atom stereocenters. The number of rotatable bonds is 4. The molecule has 0 atom stereocenters. The Morgan fingerprint density at radius 2 is 1.92 bits per heavy atom. The van der Waals surface area contributed by atoms with E-state index in [0.29, 0.717) is 17.0 Å². The van der Waals surface area contributed by atoms with E-state index in [1.54, 1.807) is 29.1 Å². The molecule has 3 N–H and O–H groups in total. The van der Waals surface area contributed by atoms with Crippen molar-refractivity contribution in [2.75, 3.05) is 5.32 Å². The van der Waals surface area contributed by atoms with Crippen LogP contribution in [0.4, 0.5) is 5.82 Å². The number of pyridine rings is 2. The highest BCUT2D eigenvalue weighted by Crippen LogP contribution is 2.21. The lowest BCUT2D eigenvalue weighted by Crippen LogP contribution is -2.19. The first-order valence-corrected chi connectivity index (χ1v) is 8.01. The van der Waals surface area contributed by atoms with Crippen LogP contribution in [0.1, 0.15) is 10.4 Å². The van der Waals surface area contributed by atoms with Crippen molar-refractivity contribution in [2.24, 2.45) is 5.73 Å². The van der Waals surface area contributed by atoms with Gasteiger partial charge in [-0.25, -0.2) is 9.97 Å². The van der Waals surface area contributed by atoms with Gasteiger partial charge in [-0.1, -0.05) is 18.2 Å². The van der Waals surface area contributed by atoms with E-state index in [0.717, 1.165) is 16.3 Å². The van der Waals surface area contributed by atoms with Gasteiger partial charge in [0.25, 0.3) is 5.91 Å².